The maximum absolute atomic E-state index is 6.13. The van der Waals surface area contributed by atoms with Crippen LogP contribution >= 0.6 is 11.6 Å². The SMILES string of the molecule is CCCc1c(Cl)ncnc1NCCCN1CCCC1. The van der Waals surface area contributed by atoms with Crippen molar-refractivity contribution in [2.24, 2.45) is 0 Å². The van der Waals surface area contributed by atoms with Crippen LogP contribution in [0.3, 0.4) is 0 Å². The summed E-state index contributed by atoms with van der Waals surface area (Å²) in [7, 11) is 0. The predicted octanol–water partition coefficient (Wildman–Crippen LogP) is 2.98. The first-order valence-electron chi connectivity index (χ1n) is 7.27. The fourth-order valence-electron chi connectivity index (χ4n) is 2.53. The Morgan fingerprint density at radius 1 is 1.32 bits per heavy atom. The van der Waals surface area contributed by atoms with Crippen LogP contribution < -0.4 is 5.32 Å². The molecule has 0 aliphatic carbocycles. The topological polar surface area (TPSA) is 41.1 Å². The lowest BCUT2D eigenvalue weighted by Gasteiger charge is -2.15. The monoisotopic (exact) mass is 282 g/mol. The molecule has 0 unspecified atom stereocenters. The minimum atomic E-state index is 0.582. The number of aromatic nitrogens is 2. The van der Waals surface area contributed by atoms with E-state index in [1.54, 1.807) is 0 Å². The van der Waals surface area contributed by atoms with Crippen molar-refractivity contribution in [1.29, 1.82) is 0 Å². The molecular weight excluding hydrogens is 260 g/mol. The molecule has 106 valence electrons. The summed E-state index contributed by atoms with van der Waals surface area (Å²) in [6.07, 6.45) is 7.37. The fraction of sp³-hybridized carbons (Fsp3) is 0.714. The summed E-state index contributed by atoms with van der Waals surface area (Å²) >= 11 is 6.13. The van der Waals surface area contributed by atoms with Gasteiger partial charge < -0.3 is 10.2 Å². The molecule has 0 aromatic carbocycles. The zero-order valence-electron chi connectivity index (χ0n) is 11.7. The van der Waals surface area contributed by atoms with Gasteiger partial charge in [0.15, 0.2) is 0 Å². The maximum Gasteiger partial charge on any atom is 0.137 e. The van der Waals surface area contributed by atoms with E-state index < -0.39 is 0 Å². The van der Waals surface area contributed by atoms with Gasteiger partial charge in [-0.3, -0.25) is 0 Å². The van der Waals surface area contributed by atoms with Gasteiger partial charge in [0, 0.05) is 12.1 Å². The van der Waals surface area contributed by atoms with Crippen LogP contribution in [0.25, 0.3) is 0 Å². The van der Waals surface area contributed by atoms with Gasteiger partial charge in [-0.2, -0.15) is 0 Å². The summed E-state index contributed by atoms with van der Waals surface area (Å²) in [5.41, 5.74) is 1.05. The molecule has 0 radical (unpaired) electrons. The lowest BCUT2D eigenvalue weighted by molar-refractivity contribution is 0.337. The van der Waals surface area contributed by atoms with E-state index in [2.05, 4.69) is 27.1 Å². The number of rotatable bonds is 7. The smallest absolute Gasteiger partial charge is 0.137 e. The van der Waals surface area contributed by atoms with Crippen molar-refractivity contribution < 1.29 is 0 Å². The van der Waals surface area contributed by atoms with Crippen LogP contribution in [0.1, 0.15) is 38.2 Å². The van der Waals surface area contributed by atoms with Crippen molar-refractivity contribution in [3.8, 4) is 0 Å². The van der Waals surface area contributed by atoms with Gasteiger partial charge in [-0.15, -0.1) is 0 Å². The van der Waals surface area contributed by atoms with Crippen LogP contribution in [0.4, 0.5) is 5.82 Å². The summed E-state index contributed by atoms with van der Waals surface area (Å²) in [5, 5.41) is 3.98. The van der Waals surface area contributed by atoms with E-state index in [1.165, 1.54) is 38.8 Å². The van der Waals surface area contributed by atoms with Crippen LogP contribution in [0.15, 0.2) is 6.33 Å². The largest absolute Gasteiger partial charge is 0.370 e. The highest BCUT2D eigenvalue weighted by Crippen LogP contribution is 2.21. The van der Waals surface area contributed by atoms with E-state index in [0.29, 0.717) is 5.15 Å². The van der Waals surface area contributed by atoms with Crippen LogP contribution in [-0.4, -0.2) is 41.0 Å². The molecule has 1 aromatic heterocycles. The van der Waals surface area contributed by atoms with Crippen LogP contribution in [-0.2, 0) is 6.42 Å². The van der Waals surface area contributed by atoms with E-state index in [1.807, 2.05) is 0 Å². The second-order valence-electron chi connectivity index (χ2n) is 5.07. The Morgan fingerprint density at radius 3 is 2.84 bits per heavy atom. The summed E-state index contributed by atoms with van der Waals surface area (Å²) in [6.45, 7) is 6.79. The summed E-state index contributed by atoms with van der Waals surface area (Å²) < 4.78 is 0. The van der Waals surface area contributed by atoms with E-state index in [0.717, 1.165) is 37.2 Å². The first-order chi connectivity index (χ1) is 9.31. The maximum atomic E-state index is 6.13. The molecule has 1 aliphatic heterocycles. The molecule has 19 heavy (non-hydrogen) atoms. The molecule has 0 atom stereocenters. The highest BCUT2D eigenvalue weighted by Gasteiger charge is 2.11. The number of nitrogens with zero attached hydrogens (tertiary/aromatic N) is 3. The average molecular weight is 283 g/mol. The molecule has 5 heteroatoms. The van der Waals surface area contributed by atoms with Gasteiger partial charge in [-0.05, 0) is 45.3 Å². The van der Waals surface area contributed by atoms with Crippen molar-refractivity contribution in [2.45, 2.75) is 39.0 Å². The number of halogens is 1. The second-order valence-corrected chi connectivity index (χ2v) is 5.43. The van der Waals surface area contributed by atoms with Gasteiger partial charge >= 0.3 is 0 Å². The summed E-state index contributed by atoms with van der Waals surface area (Å²) in [4.78, 5) is 10.9. The minimum absolute atomic E-state index is 0.582. The Morgan fingerprint density at radius 2 is 2.11 bits per heavy atom. The van der Waals surface area contributed by atoms with E-state index >= 15 is 0 Å². The molecule has 1 N–H and O–H groups in total. The van der Waals surface area contributed by atoms with Crippen LogP contribution in [0, 0.1) is 0 Å². The fourth-order valence-corrected chi connectivity index (χ4v) is 2.76. The molecule has 1 saturated heterocycles. The zero-order chi connectivity index (χ0) is 13.5. The highest BCUT2D eigenvalue weighted by molar-refractivity contribution is 6.30. The van der Waals surface area contributed by atoms with Crippen molar-refractivity contribution in [3.05, 3.63) is 17.0 Å². The normalized spacial score (nSPS) is 15.9. The van der Waals surface area contributed by atoms with E-state index in [4.69, 9.17) is 11.6 Å². The predicted molar refractivity (Wildman–Crippen MR) is 79.8 cm³/mol. The van der Waals surface area contributed by atoms with Gasteiger partial charge in [0.05, 0.1) is 0 Å². The number of hydrogen-bond donors (Lipinski definition) is 1. The second kappa shape index (κ2) is 7.65. The molecule has 1 aliphatic rings. The lowest BCUT2D eigenvalue weighted by Crippen LogP contribution is -2.22. The summed E-state index contributed by atoms with van der Waals surface area (Å²) in [6, 6.07) is 0. The van der Waals surface area contributed by atoms with Gasteiger partial charge in [0.2, 0.25) is 0 Å². The van der Waals surface area contributed by atoms with Crippen LogP contribution in [0.2, 0.25) is 5.15 Å². The molecule has 1 aromatic rings. The third kappa shape index (κ3) is 4.32. The average Bonchev–Trinajstić information content (AvgIpc) is 2.91. The third-order valence-corrected chi connectivity index (χ3v) is 3.86. The molecule has 2 rings (SSSR count). The highest BCUT2D eigenvalue weighted by atomic mass is 35.5. The van der Waals surface area contributed by atoms with E-state index in [-0.39, 0.29) is 0 Å². The van der Waals surface area contributed by atoms with Gasteiger partial charge in [-0.25, -0.2) is 9.97 Å². The van der Waals surface area contributed by atoms with Gasteiger partial charge in [0.1, 0.15) is 17.3 Å². The Kier molecular flexibility index (Phi) is 5.86. The van der Waals surface area contributed by atoms with Crippen LogP contribution in [0.5, 0.6) is 0 Å². The Labute approximate surface area is 120 Å². The zero-order valence-corrected chi connectivity index (χ0v) is 12.4. The standard InChI is InChI=1S/C14H23ClN4/c1-2-6-12-13(15)17-11-18-14(12)16-7-5-10-19-8-3-4-9-19/h11H,2-10H2,1H3,(H,16,17,18). The molecule has 0 saturated carbocycles. The molecule has 0 spiro atoms. The Balaban J connectivity index is 1.79. The van der Waals surface area contributed by atoms with Gasteiger partial charge in [0.25, 0.3) is 0 Å². The van der Waals surface area contributed by atoms with Crippen molar-refractivity contribution in [1.82, 2.24) is 14.9 Å². The number of likely N-dealkylation sites (tertiary alicyclic amines) is 1. The minimum Gasteiger partial charge on any atom is -0.370 e. The third-order valence-electron chi connectivity index (χ3n) is 3.54. The van der Waals surface area contributed by atoms with Crippen molar-refractivity contribution >= 4 is 17.4 Å². The Bertz CT molecular complexity index is 391. The quantitative estimate of drug-likeness (QED) is 0.617. The molecule has 4 nitrogen and oxygen atoms in total. The number of hydrogen-bond acceptors (Lipinski definition) is 4. The number of nitrogens with one attached hydrogen (secondary N) is 1. The lowest BCUT2D eigenvalue weighted by atomic mass is 10.2. The van der Waals surface area contributed by atoms with Crippen molar-refractivity contribution in [3.63, 3.8) is 0 Å². The Hall–Kier alpha value is -0.870. The number of anilines is 1. The molecule has 2 heterocycles. The molecular formula is C14H23ClN4. The first-order valence-corrected chi connectivity index (χ1v) is 7.64. The van der Waals surface area contributed by atoms with Crippen molar-refractivity contribution in [2.75, 3.05) is 31.5 Å². The van der Waals surface area contributed by atoms with Gasteiger partial charge in [-0.1, -0.05) is 24.9 Å². The molecule has 0 bridgehead atoms. The first kappa shape index (κ1) is 14.5. The molecule has 1 fully saturated rings. The van der Waals surface area contributed by atoms with E-state index in [9.17, 15) is 0 Å². The molecule has 0 amide bonds. The summed E-state index contributed by atoms with van der Waals surface area (Å²) in [5.74, 6) is 0.906.